The lowest BCUT2D eigenvalue weighted by molar-refractivity contribution is 0.00578. The number of hydrogen-bond acceptors (Lipinski definition) is 12. The largest absolute Gasteiger partial charge is 0.494 e. The molecule has 0 aliphatic carbocycles. The smallest absolute Gasteiger partial charge is 0.444 e. The molecule has 7 aliphatic heterocycles. The van der Waals surface area contributed by atoms with Crippen molar-refractivity contribution in [2.45, 2.75) is 220 Å². The molecule has 18 heteroatoms. The fourth-order valence-electron chi connectivity index (χ4n) is 9.46. The minimum atomic E-state index is -0.496. The van der Waals surface area contributed by atoms with Crippen LogP contribution in [0.4, 0.5) is 9.59 Å². The lowest BCUT2D eigenvalue weighted by Gasteiger charge is -2.32. The summed E-state index contributed by atoms with van der Waals surface area (Å²) in [4.78, 5) is 38.1. The van der Waals surface area contributed by atoms with Gasteiger partial charge in [0.1, 0.15) is 11.2 Å². The van der Waals surface area contributed by atoms with Crippen LogP contribution in [0, 0.1) is 0 Å². The van der Waals surface area contributed by atoms with Crippen molar-refractivity contribution in [3.05, 3.63) is 76.5 Å². The van der Waals surface area contributed by atoms with Crippen molar-refractivity contribution in [1.82, 2.24) is 9.80 Å². The molecule has 2 aromatic carbocycles. The van der Waals surface area contributed by atoms with E-state index in [2.05, 4.69) is 85.0 Å². The van der Waals surface area contributed by atoms with E-state index in [4.69, 9.17) is 42.4 Å². The molecule has 5 fully saturated rings. The van der Waals surface area contributed by atoms with Crippen LogP contribution in [0.3, 0.4) is 0 Å². The van der Waals surface area contributed by atoms with Gasteiger partial charge in [0.25, 0.3) is 0 Å². The summed E-state index contributed by atoms with van der Waals surface area (Å²) in [7, 11) is -1.31. The monoisotopic (exact) mass is 1080 g/mol. The Labute approximate surface area is 451 Å². The topological polar surface area (TPSA) is 139 Å². The first-order valence-corrected chi connectivity index (χ1v) is 27.3. The van der Waals surface area contributed by atoms with Gasteiger partial charge in [-0.25, -0.2) is 9.59 Å². The molecule has 2 aromatic rings. The zero-order valence-electron chi connectivity index (χ0n) is 47.6. The molecule has 0 aromatic heterocycles. The number of rotatable bonds is 6. The fraction of sp³-hybridized carbons (Fsp3) is 0.643. The molecule has 0 unspecified atom stereocenters. The highest BCUT2D eigenvalue weighted by Crippen LogP contribution is 2.43. The molecule has 5 saturated heterocycles. The van der Waals surface area contributed by atoms with Crippen LogP contribution in [0.15, 0.2) is 75.4 Å². The standard InChI is InChI=1S/C25H35BN2O4.C19H23BrN2O2.C12H24B2O4/c1-23(2,3)30-22(29)28-14-8-9-21(28)20-15-18(16-27-20)17-10-12-19(13-11-17)26-31-24(4,5)25(6,7)32-26;1-19(2,3)24-18(23)22-10-4-5-17(22)16-11-14(12-21-16)13-6-8-15(20)9-7-13;1-9(2)10(3,4)16-13(15-9)14-17-11(5,6)12(7,8)18-14/h10-13,16,21H,8-9,14-15H2,1-7H3;6-9,12,17H,4-5,10-11H2,1-3H3;1-8H3/t21-;17-;/m00./s1. The summed E-state index contributed by atoms with van der Waals surface area (Å²) in [6, 6.07) is 16.7. The summed E-state index contributed by atoms with van der Waals surface area (Å²) in [6.07, 6.45) is 8.80. The number of benzene rings is 2. The van der Waals surface area contributed by atoms with E-state index in [1.807, 2.05) is 131 Å². The summed E-state index contributed by atoms with van der Waals surface area (Å²) < 4.78 is 48.4. The maximum absolute atomic E-state index is 12.6. The highest BCUT2D eigenvalue weighted by Gasteiger charge is 2.64. The number of halogens is 1. The molecule has 0 N–H and O–H groups in total. The van der Waals surface area contributed by atoms with E-state index in [-0.39, 0.29) is 65.0 Å². The summed E-state index contributed by atoms with van der Waals surface area (Å²) in [6.45, 7) is 37.3. The second-order valence-corrected chi connectivity index (χ2v) is 26.4. The van der Waals surface area contributed by atoms with Gasteiger partial charge in [0, 0.05) is 54.2 Å². The second-order valence-electron chi connectivity index (χ2n) is 25.5. The zero-order valence-corrected chi connectivity index (χ0v) is 49.2. The van der Waals surface area contributed by atoms with Crippen LogP contribution in [0.2, 0.25) is 0 Å². The van der Waals surface area contributed by atoms with Crippen LogP contribution in [0.5, 0.6) is 0 Å². The van der Waals surface area contributed by atoms with Gasteiger partial charge in [0.05, 0.1) is 45.7 Å². The number of aliphatic imine (C=N–C) groups is 2. The molecule has 0 saturated carbocycles. The van der Waals surface area contributed by atoms with Crippen molar-refractivity contribution in [1.29, 1.82) is 0 Å². The Kier molecular flexibility index (Phi) is 16.6. The predicted molar refractivity (Wildman–Crippen MR) is 300 cm³/mol. The number of hydrogen-bond donors (Lipinski definition) is 0. The number of amides is 2. The van der Waals surface area contributed by atoms with E-state index in [0.717, 1.165) is 84.1 Å². The Morgan fingerprint density at radius 1 is 0.541 bits per heavy atom. The van der Waals surface area contributed by atoms with Crippen molar-refractivity contribution < 1.29 is 47.0 Å². The van der Waals surface area contributed by atoms with Crippen molar-refractivity contribution in [2.24, 2.45) is 9.98 Å². The van der Waals surface area contributed by atoms with Crippen LogP contribution in [-0.2, 0) is 37.4 Å². The predicted octanol–water partition coefficient (Wildman–Crippen LogP) is 11.9. The van der Waals surface area contributed by atoms with Crippen LogP contribution < -0.4 is 5.46 Å². The Bertz CT molecular complexity index is 2430. The number of nitrogens with zero attached hydrogens (tertiary/aromatic N) is 4. The van der Waals surface area contributed by atoms with Gasteiger partial charge in [-0.1, -0.05) is 52.3 Å². The fourth-order valence-corrected chi connectivity index (χ4v) is 9.72. The van der Waals surface area contributed by atoms with E-state index in [1.54, 1.807) is 0 Å². The Morgan fingerprint density at radius 3 is 1.20 bits per heavy atom. The molecule has 74 heavy (non-hydrogen) atoms. The molecule has 2 amide bonds. The summed E-state index contributed by atoms with van der Waals surface area (Å²) in [5, 5.41) is 0. The van der Waals surface area contributed by atoms with Gasteiger partial charge in [-0.05, 0) is 190 Å². The maximum Gasteiger partial charge on any atom is 0.494 e. The van der Waals surface area contributed by atoms with Crippen LogP contribution in [-0.4, -0.2) is 125 Å². The van der Waals surface area contributed by atoms with Crippen molar-refractivity contribution in [3.8, 4) is 0 Å². The van der Waals surface area contributed by atoms with Crippen LogP contribution in [0.25, 0.3) is 11.1 Å². The van der Waals surface area contributed by atoms with Crippen molar-refractivity contribution in [2.75, 3.05) is 13.1 Å². The number of carbonyl (C=O) groups excluding carboxylic acids is 2. The maximum atomic E-state index is 12.6. The second kappa shape index (κ2) is 21.2. The molecule has 0 spiro atoms. The van der Waals surface area contributed by atoms with E-state index in [0.29, 0.717) is 0 Å². The third kappa shape index (κ3) is 13.1. The molecule has 7 aliphatic rings. The molecular formula is C56H82B3BrN4O10. The third-order valence-corrected chi connectivity index (χ3v) is 16.4. The Morgan fingerprint density at radius 2 is 0.865 bits per heavy atom. The van der Waals surface area contributed by atoms with Gasteiger partial charge in [-0.15, -0.1) is 0 Å². The number of ether oxygens (including phenoxy) is 2. The first kappa shape index (κ1) is 57.9. The minimum absolute atomic E-state index is 0.0163. The molecule has 7 heterocycles. The minimum Gasteiger partial charge on any atom is -0.444 e. The quantitative estimate of drug-likeness (QED) is 0.257. The summed E-state index contributed by atoms with van der Waals surface area (Å²) in [5.41, 5.74) is 4.68. The van der Waals surface area contributed by atoms with Crippen LogP contribution >= 0.6 is 15.9 Å². The Hall–Kier alpha value is -3.77. The van der Waals surface area contributed by atoms with Gasteiger partial charge in [0.15, 0.2) is 0 Å². The molecule has 9 rings (SSSR count). The van der Waals surface area contributed by atoms with E-state index < -0.39 is 25.2 Å². The third-order valence-electron chi connectivity index (χ3n) is 15.8. The molecule has 14 nitrogen and oxygen atoms in total. The average molecular weight is 1080 g/mol. The van der Waals surface area contributed by atoms with Crippen LogP contribution in [0.1, 0.15) is 174 Å². The number of likely N-dealkylation sites (tertiary alicyclic amines) is 2. The lowest BCUT2D eigenvalue weighted by atomic mass is 9.49. The molecular weight excluding hydrogens is 1000 g/mol. The molecule has 0 radical (unpaired) electrons. The first-order valence-electron chi connectivity index (χ1n) is 26.5. The first-order chi connectivity index (χ1) is 34.1. The molecule has 2 atom stereocenters. The van der Waals surface area contributed by atoms with Gasteiger partial charge in [-0.3, -0.25) is 19.8 Å². The average Bonchev–Trinajstić information content (AvgIpc) is 4.14. The molecule has 402 valence electrons. The van der Waals surface area contributed by atoms with E-state index in [9.17, 15) is 9.59 Å². The highest BCUT2D eigenvalue weighted by atomic mass is 79.9. The lowest BCUT2D eigenvalue weighted by Crippen LogP contribution is -2.43. The van der Waals surface area contributed by atoms with E-state index in [1.165, 1.54) is 11.1 Å². The van der Waals surface area contributed by atoms with Crippen molar-refractivity contribution in [3.63, 3.8) is 0 Å². The van der Waals surface area contributed by atoms with E-state index >= 15 is 0 Å². The summed E-state index contributed by atoms with van der Waals surface area (Å²) in [5.74, 6) is 0. The normalized spacial score (nSPS) is 25.1. The highest BCUT2D eigenvalue weighted by molar-refractivity contribution is 9.10. The van der Waals surface area contributed by atoms with Gasteiger partial charge >= 0.3 is 33.3 Å². The van der Waals surface area contributed by atoms with Crippen molar-refractivity contribution >= 4 is 77.3 Å². The zero-order chi connectivity index (χ0) is 54.6. The van der Waals surface area contributed by atoms with Gasteiger partial charge < -0.3 is 37.4 Å². The molecule has 0 bridgehead atoms. The number of allylic oxidation sites excluding steroid dienone is 2. The summed E-state index contributed by atoms with van der Waals surface area (Å²) >= 11 is 3.46. The SMILES string of the molecule is CC(C)(C)OC(=O)N1CCC[C@H]1C1=NC=C(c2ccc(B3OC(C)(C)C(C)(C)O3)cc2)C1.CC(C)(C)OC(=O)N1CCC[C@H]1C1=NC=C(c2ccc(Br)cc2)C1.CC1(C)OB(B2OC(C)(C)C(C)(C)O2)OC1(C)C. The van der Waals surface area contributed by atoms with Gasteiger partial charge in [-0.2, -0.15) is 0 Å². The number of carbonyl (C=O) groups is 2. The Balaban J connectivity index is 0.000000169. The van der Waals surface area contributed by atoms with Gasteiger partial charge in [0.2, 0.25) is 0 Å².